The van der Waals surface area contributed by atoms with E-state index in [2.05, 4.69) is 14.9 Å². The maximum Gasteiger partial charge on any atom is 0.280 e. The molecular weight excluding hydrogens is 388 g/mol. The summed E-state index contributed by atoms with van der Waals surface area (Å²) in [5, 5.41) is 8.28. The van der Waals surface area contributed by atoms with E-state index in [4.69, 9.17) is 4.74 Å². The number of hydrogen-bond donors (Lipinski definition) is 1. The van der Waals surface area contributed by atoms with Gasteiger partial charge in [-0.1, -0.05) is 22.7 Å². The summed E-state index contributed by atoms with van der Waals surface area (Å²) in [6.07, 6.45) is 0. The summed E-state index contributed by atoms with van der Waals surface area (Å²) in [6.45, 7) is 4.21. The molecule has 0 unspecified atom stereocenters. The van der Waals surface area contributed by atoms with E-state index < -0.39 is 0 Å². The molecule has 3 aromatic rings. The number of amides is 2. The zero-order valence-electron chi connectivity index (χ0n) is 16.5. The molecule has 3 rings (SSSR count). The van der Waals surface area contributed by atoms with Crippen LogP contribution in [-0.4, -0.2) is 35.1 Å². The lowest BCUT2D eigenvalue weighted by molar-refractivity contribution is -0.119. The Morgan fingerprint density at radius 1 is 1.10 bits per heavy atom. The summed E-state index contributed by atoms with van der Waals surface area (Å²) in [5.74, 6) is 0.126. The van der Waals surface area contributed by atoms with Crippen LogP contribution in [0.25, 0.3) is 0 Å². The lowest BCUT2D eigenvalue weighted by atomic mass is 10.1. The molecule has 0 saturated carbocycles. The van der Waals surface area contributed by atoms with Gasteiger partial charge in [-0.2, -0.15) is 0 Å². The second-order valence-corrected chi connectivity index (χ2v) is 7.18. The molecule has 2 amide bonds. The summed E-state index contributed by atoms with van der Waals surface area (Å²) in [4.78, 5) is 26.9. The molecule has 0 aliphatic carbocycles. The van der Waals surface area contributed by atoms with Crippen LogP contribution in [0.1, 0.15) is 27.2 Å². The summed E-state index contributed by atoms with van der Waals surface area (Å²) >= 11 is 1.10. The molecule has 1 heterocycles. The van der Waals surface area contributed by atoms with Crippen molar-refractivity contribution in [2.45, 2.75) is 20.4 Å². The van der Waals surface area contributed by atoms with Gasteiger partial charge < -0.3 is 10.1 Å². The first-order valence-electron chi connectivity index (χ1n) is 9.03. The Kier molecular flexibility index (Phi) is 6.56. The summed E-state index contributed by atoms with van der Waals surface area (Å²) < 4.78 is 8.89. The zero-order valence-corrected chi connectivity index (χ0v) is 17.3. The third-order valence-corrected chi connectivity index (χ3v) is 5.08. The Balaban J connectivity index is 1.74. The highest BCUT2D eigenvalue weighted by Crippen LogP contribution is 2.21. The number of methoxy groups -OCH3 is 1. The molecule has 0 saturated heterocycles. The Morgan fingerprint density at radius 2 is 1.86 bits per heavy atom. The Labute approximate surface area is 173 Å². The molecule has 0 bridgehead atoms. The van der Waals surface area contributed by atoms with E-state index in [0.717, 1.165) is 34.0 Å². The maximum atomic E-state index is 12.9. The summed E-state index contributed by atoms with van der Waals surface area (Å²) in [5.41, 5.74) is 3.95. The summed E-state index contributed by atoms with van der Waals surface area (Å²) in [6, 6.07) is 13.1. The van der Waals surface area contributed by atoms with Gasteiger partial charge in [0.15, 0.2) is 5.69 Å². The molecule has 29 heavy (non-hydrogen) atoms. The minimum Gasteiger partial charge on any atom is -0.497 e. The summed E-state index contributed by atoms with van der Waals surface area (Å²) in [7, 11) is 1.60. The van der Waals surface area contributed by atoms with Gasteiger partial charge in [0, 0.05) is 17.6 Å². The van der Waals surface area contributed by atoms with Crippen LogP contribution in [0.2, 0.25) is 0 Å². The van der Waals surface area contributed by atoms with Crippen molar-refractivity contribution in [3.63, 3.8) is 0 Å². The van der Waals surface area contributed by atoms with Gasteiger partial charge in [-0.05, 0) is 66.3 Å². The van der Waals surface area contributed by atoms with Crippen LogP contribution in [0.5, 0.6) is 5.75 Å². The molecule has 0 aliphatic rings. The average Bonchev–Trinajstić information content (AvgIpc) is 3.27. The molecule has 1 N–H and O–H groups in total. The number of benzene rings is 2. The van der Waals surface area contributed by atoms with Crippen LogP contribution < -0.4 is 15.0 Å². The molecule has 0 radical (unpaired) electrons. The monoisotopic (exact) mass is 410 g/mol. The SMILES string of the molecule is COc1ccc(CNC(=O)CN(C(=O)c2csnn2)c2ccc(C)c(C)c2)cc1. The largest absolute Gasteiger partial charge is 0.497 e. The molecule has 1 aromatic heterocycles. The maximum absolute atomic E-state index is 12.9. The highest BCUT2D eigenvalue weighted by Gasteiger charge is 2.23. The number of aryl methyl sites for hydroxylation is 2. The lowest BCUT2D eigenvalue weighted by Crippen LogP contribution is -2.41. The van der Waals surface area contributed by atoms with Crippen molar-refractivity contribution >= 4 is 29.0 Å². The smallest absolute Gasteiger partial charge is 0.280 e. The minimum absolute atomic E-state index is 0.116. The third kappa shape index (κ3) is 5.17. The second-order valence-electron chi connectivity index (χ2n) is 6.57. The fourth-order valence-corrected chi connectivity index (χ4v) is 3.14. The van der Waals surface area contributed by atoms with E-state index in [-0.39, 0.29) is 24.1 Å². The number of rotatable bonds is 7. The van der Waals surface area contributed by atoms with Gasteiger partial charge in [-0.15, -0.1) is 5.10 Å². The van der Waals surface area contributed by atoms with E-state index in [1.165, 1.54) is 4.90 Å². The van der Waals surface area contributed by atoms with Gasteiger partial charge >= 0.3 is 0 Å². The van der Waals surface area contributed by atoms with Crippen LogP contribution in [0.4, 0.5) is 5.69 Å². The molecule has 0 spiro atoms. The van der Waals surface area contributed by atoms with Crippen molar-refractivity contribution in [1.82, 2.24) is 14.9 Å². The fourth-order valence-electron chi connectivity index (χ4n) is 2.71. The Bertz CT molecular complexity index is 988. The molecule has 2 aromatic carbocycles. The van der Waals surface area contributed by atoms with Gasteiger partial charge in [-0.25, -0.2) is 0 Å². The highest BCUT2D eigenvalue weighted by atomic mass is 32.1. The second kappa shape index (κ2) is 9.29. The van der Waals surface area contributed by atoms with E-state index in [1.807, 2.05) is 56.3 Å². The van der Waals surface area contributed by atoms with Crippen molar-refractivity contribution < 1.29 is 14.3 Å². The first-order valence-corrected chi connectivity index (χ1v) is 9.87. The number of hydrogen-bond acceptors (Lipinski definition) is 6. The number of carbonyl (C=O) groups is 2. The topological polar surface area (TPSA) is 84.4 Å². The standard InChI is InChI=1S/C21H22N4O3S/c1-14-4-7-17(10-15(14)2)25(21(27)19-13-29-24-23-19)12-20(26)22-11-16-5-8-18(28-3)9-6-16/h4-10,13H,11-12H2,1-3H3,(H,22,26). The number of aromatic nitrogens is 2. The van der Waals surface area contributed by atoms with E-state index >= 15 is 0 Å². The van der Waals surface area contributed by atoms with Crippen molar-refractivity contribution in [1.29, 1.82) is 0 Å². The van der Waals surface area contributed by atoms with E-state index in [0.29, 0.717) is 12.2 Å². The molecule has 150 valence electrons. The van der Waals surface area contributed by atoms with Crippen LogP contribution in [0.15, 0.2) is 47.8 Å². The molecule has 0 aliphatic heterocycles. The minimum atomic E-state index is -0.360. The van der Waals surface area contributed by atoms with Gasteiger partial charge in [0.1, 0.15) is 12.3 Å². The normalized spacial score (nSPS) is 10.4. The van der Waals surface area contributed by atoms with Gasteiger partial charge in [0.2, 0.25) is 5.91 Å². The van der Waals surface area contributed by atoms with Crippen molar-refractivity contribution in [3.05, 3.63) is 70.2 Å². The van der Waals surface area contributed by atoms with Gasteiger partial charge in [0.25, 0.3) is 5.91 Å². The number of anilines is 1. The van der Waals surface area contributed by atoms with Crippen molar-refractivity contribution in [2.24, 2.45) is 0 Å². The number of nitrogens with one attached hydrogen (secondary N) is 1. The molecular formula is C21H22N4O3S. The number of nitrogens with zero attached hydrogens (tertiary/aromatic N) is 3. The predicted molar refractivity (Wildman–Crippen MR) is 112 cm³/mol. The molecule has 8 heteroatoms. The number of ether oxygens (including phenoxy) is 1. The molecule has 7 nitrogen and oxygen atoms in total. The average molecular weight is 410 g/mol. The first kappa shape index (κ1) is 20.5. The fraction of sp³-hybridized carbons (Fsp3) is 0.238. The highest BCUT2D eigenvalue weighted by molar-refractivity contribution is 7.03. The van der Waals surface area contributed by atoms with Crippen molar-refractivity contribution in [2.75, 3.05) is 18.6 Å². The molecule has 0 atom stereocenters. The lowest BCUT2D eigenvalue weighted by Gasteiger charge is -2.22. The Morgan fingerprint density at radius 3 is 2.48 bits per heavy atom. The van der Waals surface area contributed by atoms with Gasteiger partial charge in [0.05, 0.1) is 7.11 Å². The van der Waals surface area contributed by atoms with E-state index in [1.54, 1.807) is 12.5 Å². The number of carbonyl (C=O) groups excluding carboxylic acids is 2. The first-order chi connectivity index (χ1) is 14.0. The zero-order chi connectivity index (χ0) is 20.8. The van der Waals surface area contributed by atoms with Crippen LogP contribution in [0.3, 0.4) is 0 Å². The van der Waals surface area contributed by atoms with Crippen LogP contribution in [-0.2, 0) is 11.3 Å². The van der Waals surface area contributed by atoms with E-state index in [9.17, 15) is 9.59 Å². The third-order valence-electron chi connectivity index (χ3n) is 4.58. The van der Waals surface area contributed by atoms with Crippen molar-refractivity contribution in [3.8, 4) is 5.75 Å². The van der Waals surface area contributed by atoms with Crippen LogP contribution in [0, 0.1) is 13.8 Å². The quantitative estimate of drug-likeness (QED) is 0.647. The molecule has 0 fully saturated rings. The van der Waals surface area contributed by atoms with Gasteiger partial charge in [-0.3, -0.25) is 14.5 Å². The predicted octanol–water partition coefficient (Wildman–Crippen LogP) is 3.13. The van der Waals surface area contributed by atoms with Crippen LogP contribution >= 0.6 is 11.5 Å². The Hall–Kier alpha value is -3.26.